The molecule has 0 aliphatic carbocycles. The molecule has 0 saturated heterocycles. The second-order valence-corrected chi connectivity index (χ2v) is 8.59. The van der Waals surface area contributed by atoms with Crippen LogP contribution in [-0.2, 0) is 4.79 Å². The fourth-order valence-electron chi connectivity index (χ4n) is 4.08. The number of ether oxygens (including phenoxy) is 1. The average Bonchev–Trinajstić information content (AvgIpc) is 3.20. The highest BCUT2D eigenvalue weighted by Gasteiger charge is 2.30. The Morgan fingerprint density at radius 2 is 1.41 bits per heavy atom. The molecule has 1 aliphatic heterocycles. The molecule has 0 fully saturated rings. The lowest BCUT2D eigenvalue weighted by atomic mass is 10.1. The topological polar surface area (TPSA) is 89.1 Å². The first-order valence-electron chi connectivity index (χ1n) is 11.4. The molecule has 184 valence electrons. The van der Waals surface area contributed by atoms with E-state index in [-0.39, 0.29) is 21.8 Å². The van der Waals surface area contributed by atoms with Crippen LogP contribution in [0.25, 0.3) is 17.5 Å². The van der Waals surface area contributed by atoms with Crippen LogP contribution in [-0.4, -0.2) is 33.0 Å². The summed E-state index contributed by atoms with van der Waals surface area (Å²) in [4.78, 5) is 27.1. The third kappa shape index (κ3) is 4.25. The summed E-state index contributed by atoms with van der Waals surface area (Å²) >= 11 is 5.66. The van der Waals surface area contributed by atoms with E-state index in [4.69, 9.17) is 17.0 Å². The van der Waals surface area contributed by atoms with Crippen LogP contribution in [0.2, 0.25) is 0 Å². The number of anilines is 1. The predicted molar refractivity (Wildman–Crippen MR) is 145 cm³/mol. The van der Waals surface area contributed by atoms with Gasteiger partial charge in [-0.2, -0.15) is 10.1 Å². The Morgan fingerprint density at radius 3 is 1.97 bits per heavy atom. The van der Waals surface area contributed by atoms with Crippen molar-refractivity contribution >= 4 is 35.6 Å². The molecular formula is C28H22N4O4S. The summed E-state index contributed by atoms with van der Waals surface area (Å²) in [6, 6.07) is 24.8. The van der Waals surface area contributed by atoms with Crippen molar-refractivity contribution in [2.24, 2.45) is 5.10 Å². The lowest BCUT2D eigenvalue weighted by Gasteiger charge is -2.17. The SMILES string of the molecule is COc1ccc(N2N=C(C)C(=Cc3c(O)n(-c4ccccc4)c(=S)n(-c4ccccc4)c3=O)C2=O)cc1. The Morgan fingerprint density at radius 1 is 0.838 bits per heavy atom. The number of aromatic hydroxyl groups is 1. The fraction of sp³-hybridized carbons (Fsp3) is 0.0714. The van der Waals surface area contributed by atoms with Crippen LogP contribution in [0.5, 0.6) is 11.6 Å². The maximum Gasteiger partial charge on any atom is 0.280 e. The van der Waals surface area contributed by atoms with Gasteiger partial charge in [0.05, 0.1) is 35.5 Å². The van der Waals surface area contributed by atoms with Gasteiger partial charge < -0.3 is 9.84 Å². The largest absolute Gasteiger partial charge is 0.497 e. The van der Waals surface area contributed by atoms with Crippen molar-refractivity contribution in [3.05, 3.63) is 111 Å². The number of hydrogen-bond donors (Lipinski definition) is 1. The normalized spacial score (nSPS) is 14.2. The van der Waals surface area contributed by atoms with Crippen molar-refractivity contribution in [3.63, 3.8) is 0 Å². The van der Waals surface area contributed by atoms with Gasteiger partial charge in [-0.15, -0.1) is 0 Å². The molecule has 0 atom stereocenters. The molecular weight excluding hydrogens is 488 g/mol. The number of rotatable bonds is 5. The number of benzene rings is 3. The number of hydrogen-bond acceptors (Lipinski definition) is 6. The number of carbonyl (C=O) groups is 1. The molecule has 0 spiro atoms. The first kappa shape index (κ1) is 24.0. The molecule has 2 heterocycles. The van der Waals surface area contributed by atoms with Crippen molar-refractivity contribution in [3.8, 4) is 23.0 Å². The van der Waals surface area contributed by atoms with E-state index >= 15 is 0 Å². The average molecular weight is 511 g/mol. The third-order valence-electron chi connectivity index (χ3n) is 5.97. The number of hydrazone groups is 1. The van der Waals surface area contributed by atoms with Gasteiger partial charge in [0.1, 0.15) is 11.3 Å². The van der Waals surface area contributed by atoms with E-state index in [1.807, 2.05) is 12.1 Å². The molecule has 37 heavy (non-hydrogen) atoms. The van der Waals surface area contributed by atoms with E-state index in [1.165, 1.54) is 20.2 Å². The summed E-state index contributed by atoms with van der Waals surface area (Å²) in [7, 11) is 1.56. The Kier molecular flexibility index (Phi) is 6.29. The van der Waals surface area contributed by atoms with Crippen LogP contribution in [0.3, 0.4) is 0 Å². The standard InChI is InChI=1S/C28H22N4O4S/c1-18-23(27(35)32(29-18)21-13-15-22(36-2)16-14-21)17-24-25(33)30(19-9-5-3-6-10-19)28(37)31(26(24)34)20-11-7-4-8-12-20/h3-17,33H,1-2H3. The molecule has 0 unspecified atom stereocenters. The van der Waals surface area contributed by atoms with Crippen molar-refractivity contribution in [1.82, 2.24) is 9.13 Å². The monoisotopic (exact) mass is 510 g/mol. The molecule has 3 aromatic carbocycles. The zero-order valence-corrected chi connectivity index (χ0v) is 20.8. The van der Waals surface area contributed by atoms with Gasteiger partial charge >= 0.3 is 0 Å². The maximum absolute atomic E-state index is 13.7. The first-order valence-corrected chi connectivity index (χ1v) is 11.8. The second-order valence-electron chi connectivity index (χ2n) is 8.23. The lowest BCUT2D eigenvalue weighted by molar-refractivity contribution is -0.114. The summed E-state index contributed by atoms with van der Waals surface area (Å²) < 4.78 is 8.01. The van der Waals surface area contributed by atoms with Gasteiger partial charge in [0.2, 0.25) is 5.88 Å². The zero-order valence-electron chi connectivity index (χ0n) is 20.0. The highest BCUT2D eigenvalue weighted by molar-refractivity contribution is 7.71. The van der Waals surface area contributed by atoms with Crippen molar-refractivity contribution in [2.75, 3.05) is 12.1 Å². The molecule has 5 rings (SSSR count). The van der Waals surface area contributed by atoms with Crippen molar-refractivity contribution < 1.29 is 14.6 Å². The van der Waals surface area contributed by atoms with Crippen LogP contribution in [0.15, 0.2) is 100 Å². The minimum atomic E-state index is -0.558. The van der Waals surface area contributed by atoms with E-state index in [0.717, 1.165) is 0 Å². The van der Waals surface area contributed by atoms with Crippen LogP contribution < -0.4 is 15.3 Å². The van der Waals surface area contributed by atoms with Crippen LogP contribution in [0.1, 0.15) is 12.5 Å². The van der Waals surface area contributed by atoms with Gasteiger partial charge in [0.15, 0.2) is 4.77 Å². The summed E-state index contributed by atoms with van der Waals surface area (Å²) in [5.74, 6) is -0.154. The Balaban J connectivity index is 1.70. The van der Waals surface area contributed by atoms with E-state index in [1.54, 1.807) is 86.8 Å². The van der Waals surface area contributed by atoms with Crippen LogP contribution >= 0.6 is 12.2 Å². The number of aromatic nitrogens is 2. The molecule has 9 heteroatoms. The number of nitrogens with zero attached hydrogens (tertiary/aromatic N) is 4. The van der Waals surface area contributed by atoms with Gasteiger partial charge in [0, 0.05) is 0 Å². The lowest BCUT2D eigenvalue weighted by Crippen LogP contribution is -2.26. The first-order chi connectivity index (χ1) is 17.9. The Hall–Kier alpha value is -4.76. The summed E-state index contributed by atoms with van der Waals surface area (Å²) in [5.41, 5.74) is 1.58. The molecule has 1 N–H and O–H groups in total. The summed E-state index contributed by atoms with van der Waals surface area (Å²) in [5, 5.41) is 16.9. The molecule has 4 aromatic rings. The molecule has 0 bridgehead atoms. The molecule has 0 radical (unpaired) electrons. The smallest absolute Gasteiger partial charge is 0.280 e. The van der Waals surface area contributed by atoms with Gasteiger partial charge in [-0.25, -0.2) is 0 Å². The summed E-state index contributed by atoms with van der Waals surface area (Å²) in [6.07, 6.45) is 1.37. The van der Waals surface area contributed by atoms with Crippen LogP contribution in [0, 0.1) is 4.77 Å². The Labute approximate surface area is 217 Å². The third-order valence-corrected chi connectivity index (χ3v) is 6.33. The van der Waals surface area contributed by atoms with E-state index in [0.29, 0.717) is 28.5 Å². The van der Waals surface area contributed by atoms with Crippen molar-refractivity contribution in [2.45, 2.75) is 6.92 Å². The Bertz CT molecular complexity index is 1670. The maximum atomic E-state index is 13.7. The molecule has 8 nitrogen and oxygen atoms in total. The number of carbonyl (C=O) groups excluding carboxylic acids is 1. The number of methoxy groups -OCH3 is 1. The van der Waals surface area contributed by atoms with Gasteiger partial charge in [-0.1, -0.05) is 36.4 Å². The van der Waals surface area contributed by atoms with E-state index < -0.39 is 11.5 Å². The second kappa shape index (κ2) is 9.71. The highest BCUT2D eigenvalue weighted by atomic mass is 32.1. The number of amides is 1. The quantitative estimate of drug-likeness (QED) is 0.305. The molecule has 1 amide bonds. The highest BCUT2D eigenvalue weighted by Crippen LogP contribution is 2.29. The van der Waals surface area contributed by atoms with Gasteiger partial charge in [0.25, 0.3) is 11.5 Å². The molecule has 1 aromatic heterocycles. The van der Waals surface area contributed by atoms with E-state index in [2.05, 4.69) is 5.10 Å². The molecule has 1 aliphatic rings. The van der Waals surface area contributed by atoms with E-state index in [9.17, 15) is 14.7 Å². The fourth-order valence-corrected chi connectivity index (χ4v) is 4.46. The summed E-state index contributed by atoms with van der Waals surface area (Å²) in [6.45, 7) is 1.67. The van der Waals surface area contributed by atoms with Gasteiger partial charge in [-0.3, -0.25) is 18.7 Å². The van der Waals surface area contributed by atoms with Gasteiger partial charge in [-0.05, 0) is 73.7 Å². The minimum Gasteiger partial charge on any atom is -0.497 e. The van der Waals surface area contributed by atoms with Crippen LogP contribution in [0.4, 0.5) is 5.69 Å². The molecule has 0 saturated carbocycles. The zero-order chi connectivity index (χ0) is 26.1. The van der Waals surface area contributed by atoms with Crippen molar-refractivity contribution in [1.29, 1.82) is 0 Å². The predicted octanol–water partition coefficient (Wildman–Crippen LogP) is 4.88. The minimum absolute atomic E-state index is 0.0872. The number of para-hydroxylation sites is 2.